The van der Waals surface area contributed by atoms with E-state index in [4.69, 9.17) is 0 Å². The number of nitrogens with zero attached hydrogens (tertiary/aromatic N) is 2. The third-order valence-electron chi connectivity index (χ3n) is 2.89. The first-order chi connectivity index (χ1) is 7.89. The van der Waals surface area contributed by atoms with Crippen LogP contribution in [0.15, 0.2) is 30.5 Å². The van der Waals surface area contributed by atoms with Gasteiger partial charge in [-0.1, -0.05) is 26.8 Å². The Labute approximate surface area is 101 Å². The summed E-state index contributed by atoms with van der Waals surface area (Å²) in [7, 11) is 1.51. The van der Waals surface area contributed by atoms with Gasteiger partial charge in [0.2, 0.25) is 0 Å². The Hall–Kier alpha value is -1.77. The number of fused-ring (bicyclic) bond motifs is 1. The second kappa shape index (κ2) is 3.91. The number of hydrogen-bond acceptors (Lipinski definition) is 2. The fraction of sp³-hybridized carbons (Fsp3) is 0.357. The summed E-state index contributed by atoms with van der Waals surface area (Å²) in [6.45, 7) is 6.41. The lowest BCUT2D eigenvalue weighted by molar-refractivity contribution is -0.426. The molecule has 0 radical (unpaired) electrons. The second-order valence-corrected chi connectivity index (χ2v) is 5.32. The zero-order chi connectivity index (χ0) is 12.6. The molecule has 0 unspecified atom stereocenters. The lowest BCUT2D eigenvalue weighted by Gasteiger charge is -2.19. The summed E-state index contributed by atoms with van der Waals surface area (Å²) < 4.78 is 0.880. The van der Waals surface area contributed by atoms with Crippen molar-refractivity contribution in [3.63, 3.8) is 0 Å². The minimum atomic E-state index is 0.0226. The van der Waals surface area contributed by atoms with Crippen LogP contribution in [-0.2, 0) is 5.41 Å². The van der Waals surface area contributed by atoms with Crippen LogP contribution >= 0.6 is 0 Å². The van der Waals surface area contributed by atoms with Gasteiger partial charge in [0.05, 0.1) is 0 Å². The summed E-state index contributed by atoms with van der Waals surface area (Å²) in [5, 5.41) is 1.01. The predicted octanol–water partition coefficient (Wildman–Crippen LogP) is 3.57. The van der Waals surface area contributed by atoms with E-state index in [9.17, 15) is 4.91 Å². The third-order valence-corrected chi connectivity index (χ3v) is 2.89. The average molecular weight is 229 g/mol. The molecule has 0 spiro atoms. The summed E-state index contributed by atoms with van der Waals surface area (Å²) in [4.78, 5) is 15.9. The van der Waals surface area contributed by atoms with Crippen molar-refractivity contribution in [2.75, 3.05) is 7.05 Å². The maximum absolute atomic E-state index is 11.6. The van der Waals surface area contributed by atoms with Gasteiger partial charge in [-0.25, -0.2) is 4.98 Å². The van der Waals surface area contributed by atoms with E-state index in [1.165, 1.54) is 7.05 Å². The molecule has 0 N–H and O–H groups in total. The first-order valence-corrected chi connectivity index (χ1v) is 5.70. The molecule has 0 aliphatic heterocycles. The molecule has 0 fully saturated rings. The molecule has 2 rings (SSSR count). The highest BCUT2D eigenvalue weighted by Gasteiger charge is 2.21. The highest BCUT2D eigenvalue weighted by molar-refractivity contribution is 5.87. The highest BCUT2D eigenvalue weighted by atomic mass is 16.3. The Balaban J connectivity index is 2.81. The van der Waals surface area contributed by atoms with Crippen molar-refractivity contribution in [3.8, 4) is 0 Å². The van der Waals surface area contributed by atoms with E-state index in [-0.39, 0.29) is 5.41 Å². The first kappa shape index (κ1) is 11.7. The van der Waals surface area contributed by atoms with Crippen LogP contribution in [0.1, 0.15) is 26.3 Å². The van der Waals surface area contributed by atoms with Gasteiger partial charge in [-0.3, -0.25) is 0 Å². The molecule has 3 heteroatoms. The van der Waals surface area contributed by atoms with Crippen LogP contribution in [0.2, 0.25) is 0 Å². The Morgan fingerprint density at radius 2 is 1.94 bits per heavy atom. The van der Waals surface area contributed by atoms with Gasteiger partial charge in [-0.2, -0.15) is 0 Å². The van der Waals surface area contributed by atoms with Gasteiger partial charge in [-0.15, -0.1) is 0 Å². The molecule has 0 bridgehead atoms. The van der Waals surface area contributed by atoms with E-state index in [1.54, 1.807) is 6.20 Å². The van der Waals surface area contributed by atoms with E-state index in [0.29, 0.717) is 5.69 Å². The van der Waals surface area contributed by atoms with Crippen molar-refractivity contribution in [2.24, 2.45) is 0 Å². The van der Waals surface area contributed by atoms with E-state index in [0.717, 1.165) is 21.2 Å². The number of benzene rings is 1. The average Bonchev–Trinajstić information content (AvgIpc) is 2.26. The SMILES string of the molecule is C[N+](=O)c1cc(C(C)(C)C)cc2cccnc12. The quantitative estimate of drug-likeness (QED) is 0.700. The predicted molar refractivity (Wildman–Crippen MR) is 69.7 cm³/mol. The molecule has 0 aliphatic carbocycles. The van der Waals surface area contributed by atoms with E-state index >= 15 is 0 Å². The van der Waals surface area contributed by atoms with Crippen molar-refractivity contribution in [1.82, 2.24) is 4.98 Å². The Morgan fingerprint density at radius 3 is 2.53 bits per heavy atom. The summed E-state index contributed by atoms with van der Waals surface area (Å²) in [5.41, 5.74) is 2.57. The maximum Gasteiger partial charge on any atom is 0.281 e. The van der Waals surface area contributed by atoms with Crippen molar-refractivity contribution in [1.29, 1.82) is 0 Å². The van der Waals surface area contributed by atoms with Crippen LogP contribution in [0.3, 0.4) is 0 Å². The summed E-state index contributed by atoms with van der Waals surface area (Å²) in [6, 6.07) is 7.92. The standard InChI is InChI=1S/C14H17N2O/c1-14(2,3)11-8-10-6-5-7-15-13(10)12(9-11)16(4)17/h5-9H,1-4H3/q+1. The smallest absolute Gasteiger partial charge is 0.249 e. The van der Waals surface area contributed by atoms with Crippen molar-refractivity contribution in [2.45, 2.75) is 26.2 Å². The van der Waals surface area contributed by atoms with Crippen molar-refractivity contribution >= 4 is 16.6 Å². The summed E-state index contributed by atoms with van der Waals surface area (Å²) >= 11 is 0. The third kappa shape index (κ3) is 2.18. The van der Waals surface area contributed by atoms with E-state index in [2.05, 4.69) is 31.8 Å². The fourth-order valence-electron chi connectivity index (χ4n) is 1.85. The lowest BCUT2D eigenvalue weighted by Crippen LogP contribution is -2.11. The number of nitroso groups, excluding NO2 is 1. The van der Waals surface area contributed by atoms with Gasteiger partial charge >= 0.3 is 0 Å². The minimum absolute atomic E-state index is 0.0226. The van der Waals surface area contributed by atoms with Gasteiger partial charge in [-0.05, 0) is 23.1 Å². The fourth-order valence-corrected chi connectivity index (χ4v) is 1.85. The second-order valence-electron chi connectivity index (χ2n) is 5.32. The van der Waals surface area contributed by atoms with Gasteiger partial charge in [0, 0.05) is 27.3 Å². The molecule has 17 heavy (non-hydrogen) atoms. The summed E-state index contributed by atoms with van der Waals surface area (Å²) in [6.07, 6.45) is 1.71. The molecule has 2 aromatic rings. The molecule has 0 atom stereocenters. The molecule has 88 valence electrons. The molecule has 1 aromatic heterocycles. The number of hydrogen-bond donors (Lipinski definition) is 0. The molecule has 0 saturated heterocycles. The molecule has 0 amide bonds. The molecule has 1 aromatic carbocycles. The zero-order valence-corrected chi connectivity index (χ0v) is 10.7. The van der Waals surface area contributed by atoms with Crippen LogP contribution in [0.4, 0.5) is 5.69 Å². The van der Waals surface area contributed by atoms with Crippen LogP contribution in [-0.4, -0.2) is 16.8 Å². The first-order valence-electron chi connectivity index (χ1n) is 5.70. The van der Waals surface area contributed by atoms with Crippen molar-refractivity contribution < 1.29 is 4.76 Å². The zero-order valence-electron chi connectivity index (χ0n) is 10.7. The molecular weight excluding hydrogens is 212 g/mol. The topological polar surface area (TPSA) is 33.0 Å². The van der Waals surface area contributed by atoms with Crippen LogP contribution in [0.25, 0.3) is 10.9 Å². The van der Waals surface area contributed by atoms with Gasteiger partial charge in [0.25, 0.3) is 5.69 Å². The van der Waals surface area contributed by atoms with Crippen LogP contribution in [0, 0.1) is 4.91 Å². The van der Waals surface area contributed by atoms with Gasteiger partial charge in [0.1, 0.15) is 5.52 Å². The number of pyridine rings is 1. The lowest BCUT2D eigenvalue weighted by atomic mass is 9.86. The van der Waals surface area contributed by atoms with Crippen LogP contribution < -0.4 is 0 Å². The molecule has 0 aliphatic rings. The Kier molecular flexibility index (Phi) is 2.69. The van der Waals surface area contributed by atoms with Crippen LogP contribution in [0.5, 0.6) is 0 Å². The normalized spacial score (nSPS) is 11.8. The van der Waals surface area contributed by atoms with Gasteiger partial charge in [0.15, 0.2) is 7.05 Å². The Morgan fingerprint density at radius 1 is 1.24 bits per heavy atom. The van der Waals surface area contributed by atoms with Gasteiger partial charge < -0.3 is 0 Å². The largest absolute Gasteiger partial charge is 0.281 e. The monoisotopic (exact) mass is 229 g/mol. The molecular formula is C14H17N2O+. The van der Waals surface area contributed by atoms with E-state index in [1.807, 2.05) is 18.2 Å². The maximum atomic E-state index is 11.6. The summed E-state index contributed by atoms with van der Waals surface area (Å²) in [5.74, 6) is 0. The van der Waals surface area contributed by atoms with E-state index < -0.39 is 0 Å². The molecule has 3 nitrogen and oxygen atoms in total. The minimum Gasteiger partial charge on any atom is -0.249 e. The number of rotatable bonds is 1. The highest BCUT2D eigenvalue weighted by Crippen LogP contribution is 2.31. The molecule has 1 heterocycles. The Bertz CT molecular complexity index is 582. The van der Waals surface area contributed by atoms with Crippen molar-refractivity contribution in [3.05, 3.63) is 40.9 Å². The molecule has 0 saturated carbocycles. The number of aromatic nitrogens is 1.